The van der Waals surface area contributed by atoms with E-state index in [9.17, 15) is 5.26 Å². The maximum Gasteiger partial charge on any atom is 0.236 e. The second-order valence-corrected chi connectivity index (χ2v) is 12.2. The van der Waals surface area contributed by atoms with Crippen LogP contribution < -0.4 is 0 Å². The number of hydrogen-bond acceptors (Lipinski definition) is 3. The third-order valence-electron chi connectivity index (χ3n) is 9.57. The van der Waals surface area contributed by atoms with Crippen LogP contribution in [0.1, 0.15) is 5.69 Å². The molecule has 3 aromatic heterocycles. The molecular formula is C43H25N5. The molecule has 0 atom stereocenters. The number of benzene rings is 7. The van der Waals surface area contributed by atoms with Crippen molar-refractivity contribution >= 4 is 65.3 Å². The second-order valence-electron chi connectivity index (χ2n) is 12.2. The third-order valence-corrected chi connectivity index (χ3v) is 9.57. The predicted molar refractivity (Wildman–Crippen MR) is 196 cm³/mol. The Balaban J connectivity index is 1.26. The van der Waals surface area contributed by atoms with Crippen LogP contribution in [0.15, 0.2) is 152 Å². The van der Waals surface area contributed by atoms with Gasteiger partial charge in [-0.25, -0.2) is 9.97 Å². The zero-order valence-electron chi connectivity index (χ0n) is 25.7. The van der Waals surface area contributed by atoms with E-state index in [1.165, 1.54) is 27.2 Å². The van der Waals surface area contributed by atoms with Crippen LogP contribution in [0.4, 0.5) is 0 Å². The van der Waals surface area contributed by atoms with Crippen molar-refractivity contribution in [2.24, 2.45) is 0 Å². The number of aromatic nitrogens is 4. The zero-order chi connectivity index (χ0) is 31.8. The summed E-state index contributed by atoms with van der Waals surface area (Å²) >= 11 is 0. The summed E-state index contributed by atoms with van der Waals surface area (Å²) < 4.78 is 4.46. The Hall–Kier alpha value is -6.77. The molecule has 7 aromatic carbocycles. The molecule has 0 aliphatic heterocycles. The van der Waals surface area contributed by atoms with Gasteiger partial charge in [0.1, 0.15) is 6.07 Å². The molecule has 10 aromatic rings. The van der Waals surface area contributed by atoms with Crippen LogP contribution in [0.25, 0.3) is 88.0 Å². The van der Waals surface area contributed by atoms with Crippen molar-refractivity contribution in [3.63, 3.8) is 0 Å². The Morgan fingerprint density at radius 2 is 1.12 bits per heavy atom. The fourth-order valence-electron chi connectivity index (χ4n) is 7.44. The average molecular weight is 612 g/mol. The zero-order valence-corrected chi connectivity index (χ0v) is 25.7. The summed E-state index contributed by atoms with van der Waals surface area (Å²) in [5.74, 6) is 0.488. The number of hydrogen-bond donors (Lipinski definition) is 0. The molecule has 48 heavy (non-hydrogen) atoms. The van der Waals surface area contributed by atoms with Gasteiger partial charge in [0.05, 0.1) is 27.6 Å². The topological polar surface area (TPSA) is 59.4 Å². The predicted octanol–water partition coefficient (Wildman–Crippen LogP) is 10.5. The highest BCUT2D eigenvalue weighted by Crippen LogP contribution is 2.40. The molecule has 0 N–H and O–H groups in total. The van der Waals surface area contributed by atoms with E-state index in [1.54, 1.807) is 0 Å². The van der Waals surface area contributed by atoms with Crippen LogP contribution in [0.3, 0.4) is 0 Å². The Bertz CT molecular complexity index is 2960. The minimum absolute atomic E-state index is 0.366. The largest absolute Gasteiger partial charge is 0.309 e. The lowest BCUT2D eigenvalue weighted by molar-refractivity contribution is 1.00. The highest BCUT2D eigenvalue weighted by molar-refractivity contribution is 6.22. The molecule has 0 unspecified atom stereocenters. The van der Waals surface area contributed by atoms with Crippen molar-refractivity contribution in [1.82, 2.24) is 19.1 Å². The molecule has 0 saturated carbocycles. The Morgan fingerprint density at radius 3 is 2.00 bits per heavy atom. The fourth-order valence-corrected chi connectivity index (χ4v) is 7.44. The molecule has 10 rings (SSSR count). The van der Waals surface area contributed by atoms with Gasteiger partial charge in [-0.2, -0.15) is 5.26 Å². The minimum Gasteiger partial charge on any atom is -0.309 e. The molecule has 0 aliphatic carbocycles. The fraction of sp³-hybridized carbons (Fsp3) is 0. The van der Waals surface area contributed by atoms with Crippen molar-refractivity contribution in [1.29, 1.82) is 5.26 Å². The molecule has 0 spiro atoms. The lowest BCUT2D eigenvalue weighted by Crippen LogP contribution is -2.03. The molecular weight excluding hydrogens is 587 g/mol. The van der Waals surface area contributed by atoms with Crippen molar-refractivity contribution < 1.29 is 0 Å². The maximum absolute atomic E-state index is 10.1. The van der Waals surface area contributed by atoms with Gasteiger partial charge in [0.2, 0.25) is 5.95 Å². The van der Waals surface area contributed by atoms with Gasteiger partial charge in [-0.05, 0) is 76.5 Å². The molecule has 0 fully saturated rings. The van der Waals surface area contributed by atoms with Gasteiger partial charge in [0, 0.05) is 32.6 Å². The second kappa shape index (κ2) is 10.1. The summed E-state index contributed by atoms with van der Waals surface area (Å²) in [7, 11) is 0. The Morgan fingerprint density at radius 1 is 0.458 bits per heavy atom. The summed E-state index contributed by atoms with van der Waals surface area (Å²) in [6.07, 6.45) is 0. The van der Waals surface area contributed by atoms with Crippen LogP contribution in [-0.2, 0) is 0 Å². The van der Waals surface area contributed by atoms with Crippen LogP contribution in [0.2, 0.25) is 0 Å². The van der Waals surface area contributed by atoms with Gasteiger partial charge in [-0.1, -0.05) is 97.1 Å². The van der Waals surface area contributed by atoms with E-state index >= 15 is 0 Å². The highest BCUT2D eigenvalue weighted by Gasteiger charge is 2.19. The van der Waals surface area contributed by atoms with E-state index in [0.29, 0.717) is 11.6 Å². The van der Waals surface area contributed by atoms with Gasteiger partial charge in [0.25, 0.3) is 0 Å². The van der Waals surface area contributed by atoms with Gasteiger partial charge < -0.3 is 4.57 Å². The lowest BCUT2D eigenvalue weighted by atomic mass is 9.99. The van der Waals surface area contributed by atoms with Crippen LogP contribution in [0.5, 0.6) is 0 Å². The van der Waals surface area contributed by atoms with Gasteiger partial charge in [0.15, 0.2) is 5.69 Å². The highest BCUT2D eigenvalue weighted by atomic mass is 15.2. The van der Waals surface area contributed by atoms with Gasteiger partial charge >= 0.3 is 0 Å². The molecule has 0 amide bonds. The van der Waals surface area contributed by atoms with Crippen LogP contribution in [-0.4, -0.2) is 19.1 Å². The van der Waals surface area contributed by atoms with Crippen molar-refractivity contribution in [3.8, 4) is 28.8 Å². The van der Waals surface area contributed by atoms with E-state index in [1.807, 2.05) is 24.3 Å². The molecule has 222 valence electrons. The van der Waals surface area contributed by atoms with E-state index in [4.69, 9.17) is 9.97 Å². The Labute approximate surface area is 275 Å². The number of rotatable bonds is 3. The maximum atomic E-state index is 10.1. The number of para-hydroxylation sites is 3. The number of nitriles is 1. The number of fused-ring (bicyclic) bond motifs is 9. The normalized spacial score (nSPS) is 11.7. The quantitative estimate of drug-likeness (QED) is 0.200. The smallest absolute Gasteiger partial charge is 0.236 e. The van der Waals surface area contributed by atoms with E-state index in [-0.39, 0.29) is 0 Å². The van der Waals surface area contributed by atoms with Gasteiger partial charge in [-0.3, -0.25) is 4.57 Å². The molecule has 0 aliphatic rings. The molecule has 5 nitrogen and oxygen atoms in total. The van der Waals surface area contributed by atoms with Crippen molar-refractivity contribution in [3.05, 3.63) is 157 Å². The SMILES string of the molecule is N#Cc1nc(-n2c3ccc(-c4ccc5c6ccccc6n(-c6ccccc6)c5c4)cc3c3c4ccccc4ccc32)nc2ccccc12. The van der Waals surface area contributed by atoms with E-state index in [0.717, 1.165) is 54.9 Å². The van der Waals surface area contributed by atoms with E-state index in [2.05, 4.69) is 143 Å². The standard InChI is InChI=1S/C43H25N5/c44-26-37-34-15-6-8-16-36(34)45-43(46-37)48-39-22-20-28(24-35(39)42-31-13-5-4-10-27(31)19-23-40(42)48)29-18-21-33-32-14-7-9-17-38(32)47(41(33)25-29)30-11-2-1-3-12-30/h1-25H. The summed E-state index contributed by atoms with van der Waals surface area (Å²) in [5, 5.41) is 17.8. The first-order chi connectivity index (χ1) is 23.8. The van der Waals surface area contributed by atoms with Crippen molar-refractivity contribution in [2.75, 3.05) is 0 Å². The summed E-state index contributed by atoms with van der Waals surface area (Å²) in [5.41, 5.74) is 8.85. The molecule has 0 bridgehead atoms. The van der Waals surface area contributed by atoms with E-state index < -0.39 is 0 Å². The lowest BCUT2D eigenvalue weighted by Gasteiger charge is -2.10. The first-order valence-electron chi connectivity index (χ1n) is 16.0. The monoisotopic (exact) mass is 611 g/mol. The molecule has 0 saturated heterocycles. The van der Waals surface area contributed by atoms with Crippen LogP contribution in [0, 0.1) is 11.3 Å². The average Bonchev–Trinajstić information content (AvgIpc) is 3.67. The number of nitrogens with zero attached hydrogens (tertiary/aromatic N) is 5. The van der Waals surface area contributed by atoms with Crippen LogP contribution >= 0.6 is 0 Å². The Kier molecular flexibility index (Phi) is 5.57. The minimum atomic E-state index is 0.366. The summed E-state index contributed by atoms with van der Waals surface area (Å²) in [6.45, 7) is 0. The third kappa shape index (κ3) is 3.78. The molecule has 3 heterocycles. The van der Waals surface area contributed by atoms with Gasteiger partial charge in [-0.15, -0.1) is 0 Å². The molecule has 0 radical (unpaired) electrons. The first-order valence-corrected chi connectivity index (χ1v) is 16.0. The van der Waals surface area contributed by atoms with Crippen molar-refractivity contribution in [2.45, 2.75) is 0 Å². The molecule has 5 heteroatoms. The first kappa shape index (κ1) is 26.4. The summed E-state index contributed by atoms with van der Waals surface area (Å²) in [4.78, 5) is 9.78. The summed E-state index contributed by atoms with van der Waals surface area (Å²) in [6, 6.07) is 55.4.